The Balaban J connectivity index is 0.000000151. The van der Waals surface area contributed by atoms with E-state index in [9.17, 15) is 9.18 Å². The first-order valence-electron chi connectivity index (χ1n) is 4.69. The molecule has 4 heteroatoms. The van der Waals surface area contributed by atoms with E-state index < -0.39 is 0 Å². The fourth-order valence-corrected chi connectivity index (χ4v) is 1.08. The highest BCUT2D eigenvalue weighted by Gasteiger charge is 2.15. The van der Waals surface area contributed by atoms with E-state index in [0.717, 1.165) is 12.1 Å². The van der Waals surface area contributed by atoms with Gasteiger partial charge in [-0.1, -0.05) is 12.1 Å². The zero-order chi connectivity index (χ0) is 11.3. The van der Waals surface area contributed by atoms with Crippen molar-refractivity contribution in [2.75, 3.05) is 20.2 Å². The van der Waals surface area contributed by atoms with Crippen LogP contribution < -0.4 is 0 Å². The molecule has 1 fully saturated rings. The maximum absolute atomic E-state index is 12.2. The molecule has 1 saturated heterocycles. The van der Waals surface area contributed by atoms with E-state index in [4.69, 9.17) is 0 Å². The fraction of sp³-hybridized carbons (Fsp3) is 0.364. The second-order valence-corrected chi connectivity index (χ2v) is 3.33. The van der Waals surface area contributed by atoms with Gasteiger partial charge in [-0.05, 0) is 24.6 Å². The second kappa shape index (κ2) is 5.34. The van der Waals surface area contributed by atoms with Crippen molar-refractivity contribution >= 4 is 6.09 Å². The molecule has 15 heavy (non-hydrogen) atoms. The average Bonchev–Trinajstić information content (AvgIpc) is 2.51. The zero-order valence-electron chi connectivity index (χ0n) is 8.87. The highest BCUT2D eigenvalue weighted by molar-refractivity contribution is 5.68. The van der Waals surface area contributed by atoms with Crippen LogP contribution in [0, 0.1) is 12.7 Å². The Morgan fingerprint density at radius 3 is 2.47 bits per heavy atom. The summed E-state index contributed by atoms with van der Waals surface area (Å²) in [5.41, 5.74) is 0.963. The number of hydrogen-bond acceptors (Lipinski definition) is 2. The smallest absolute Gasteiger partial charge is 0.409 e. The molecule has 0 aliphatic carbocycles. The maximum Gasteiger partial charge on any atom is 0.409 e. The predicted molar refractivity (Wildman–Crippen MR) is 55.1 cm³/mol. The van der Waals surface area contributed by atoms with E-state index in [1.54, 1.807) is 18.0 Å². The van der Waals surface area contributed by atoms with Crippen LogP contribution in [0.5, 0.6) is 0 Å². The fourth-order valence-electron chi connectivity index (χ4n) is 1.08. The minimum Gasteiger partial charge on any atom is -0.448 e. The second-order valence-electron chi connectivity index (χ2n) is 3.33. The van der Waals surface area contributed by atoms with E-state index in [-0.39, 0.29) is 11.9 Å². The van der Waals surface area contributed by atoms with Gasteiger partial charge in [-0.25, -0.2) is 9.18 Å². The minimum absolute atomic E-state index is 0.162. The monoisotopic (exact) mass is 211 g/mol. The van der Waals surface area contributed by atoms with Crippen LogP contribution in [0.15, 0.2) is 24.3 Å². The van der Waals surface area contributed by atoms with Crippen molar-refractivity contribution in [3.05, 3.63) is 35.6 Å². The number of ether oxygens (including phenoxy) is 1. The van der Waals surface area contributed by atoms with Crippen LogP contribution in [0.25, 0.3) is 0 Å². The molecule has 1 amide bonds. The van der Waals surface area contributed by atoms with Crippen LogP contribution in [0.3, 0.4) is 0 Å². The SMILES string of the molecule is CN1CCOC1=O.Cc1cccc(F)c1. The quantitative estimate of drug-likeness (QED) is 0.658. The van der Waals surface area contributed by atoms with E-state index >= 15 is 0 Å². The Labute approximate surface area is 88.5 Å². The van der Waals surface area contributed by atoms with Crippen molar-refractivity contribution in [1.82, 2.24) is 4.90 Å². The Bertz CT molecular complexity index is 324. The number of benzene rings is 1. The van der Waals surface area contributed by atoms with Gasteiger partial charge in [-0.15, -0.1) is 0 Å². The lowest BCUT2D eigenvalue weighted by molar-refractivity contribution is 0.163. The number of cyclic esters (lactones) is 1. The molecule has 0 atom stereocenters. The number of halogens is 1. The lowest BCUT2D eigenvalue weighted by Crippen LogP contribution is -2.17. The first-order chi connectivity index (χ1) is 7.09. The normalized spacial score (nSPS) is 14.3. The zero-order valence-corrected chi connectivity index (χ0v) is 8.87. The van der Waals surface area contributed by atoms with Gasteiger partial charge < -0.3 is 9.64 Å². The topological polar surface area (TPSA) is 29.5 Å². The third-order valence-corrected chi connectivity index (χ3v) is 1.94. The van der Waals surface area contributed by atoms with Gasteiger partial charge >= 0.3 is 6.09 Å². The molecule has 0 unspecified atom stereocenters. The van der Waals surface area contributed by atoms with E-state index in [0.29, 0.717) is 6.61 Å². The summed E-state index contributed by atoms with van der Waals surface area (Å²) in [7, 11) is 1.72. The summed E-state index contributed by atoms with van der Waals surface area (Å²) in [4.78, 5) is 11.8. The van der Waals surface area contributed by atoms with Crippen molar-refractivity contribution in [3.63, 3.8) is 0 Å². The average molecular weight is 211 g/mol. The molecule has 0 saturated carbocycles. The Morgan fingerprint density at radius 2 is 2.20 bits per heavy atom. The third kappa shape index (κ3) is 3.97. The van der Waals surface area contributed by atoms with Crippen molar-refractivity contribution in [1.29, 1.82) is 0 Å². The van der Waals surface area contributed by atoms with Crippen molar-refractivity contribution in [3.8, 4) is 0 Å². The molecule has 82 valence electrons. The molecule has 1 aromatic rings. The third-order valence-electron chi connectivity index (χ3n) is 1.94. The van der Waals surface area contributed by atoms with Crippen LogP contribution in [-0.2, 0) is 4.74 Å². The summed E-state index contributed by atoms with van der Waals surface area (Å²) < 4.78 is 16.7. The maximum atomic E-state index is 12.2. The molecule has 0 radical (unpaired) electrons. The van der Waals surface area contributed by atoms with Gasteiger partial charge in [-0.2, -0.15) is 0 Å². The number of carbonyl (C=O) groups is 1. The number of rotatable bonds is 0. The van der Waals surface area contributed by atoms with E-state index in [1.807, 2.05) is 13.0 Å². The predicted octanol–water partition coefficient (Wildman–Crippen LogP) is 2.20. The van der Waals surface area contributed by atoms with Crippen LogP contribution >= 0.6 is 0 Å². The number of aryl methyl sites for hydroxylation is 1. The summed E-state index contributed by atoms with van der Waals surface area (Å²) in [5.74, 6) is -0.162. The van der Waals surface area contributed by atoms with Gasteiger partial charge in [0.15, 0.2) is 0 Å². The van der Waals surface area contributed by atoms with E-state index in [2.05, 4.69) is 4.74 Å². The molecular weight excluding hydrogens is 197 g/mol. The summed E-state index contributed by atoms with van der Waals surface area (Å²) in [5, 5.41) is 0. The molecule has 1 aliphatic rings. The van der Waals surface area contributed by atoms with Gasteiger partial charge in [0.05, 0.1) is 6.54 Å². The van der Waals surface area contributed by atoms with Crippen molar-refractivity contribution in [2.24, 2.45) is 0 Å². The largest absolute Gasteiger partial charge is 0.448 e. The first kappa shape index (κ1) is 11.5. The number of hydrogen-bond donors (Lipinski definition) is 0. The molecule has 0 aromatic heterocycles. The van der Waals surface area contributed by atoms with Crippen LogP contribution in [0.2, 0.25) is 0 Å². The molecule has 0 spiro atoms. The molecule has 0 bridgehead atoms. The molecule has 2 rings (SSSR count). The van der Waals surface area contributed by atoms with Gasteiger partial charge in [0.25, 0.3) is 0 Å². The van der Waals surface area contributed by atoms with Crippen LogP contribution in [-0.4, -0.2) is 31.2 Å². The van der Waals surface area contributed by atoms with Gasteiger partial charge in [0.1, 0.15) is 12.4 Å². The summed E-state index contributed by atoms with van der Waals surface area (Å²) in [6, 6.07) is 6.50. The summed E-state index contributed by atoms with van der Waals surface area (Å²) >= 11 is 0. The van der Waals surface area contributed by atoms with Crippen LogP contribution in [0.4, 0.5) is 9.18 Å². The molecule has 1 heterocycles. The molecule has 1 aliphatic heterocycles. The molecular formula is C11H14FNO2. The highest BCUT2D eigenvalue weighted by Crippen LogP contribution is 1.99. The Hall–Kier alpha value is -1.58. The summed E-state index contributed by atoms with van der Waals surface area (Å²) in [6.07, 6.45) is -0.208. The van der Waals surface area contributed by atoms with Crippen LogP contribution in [0.1, 0.15) is 5.56 Å². The summed E-state index contributed by atoms with van der Waals surface area (Å²) in [6.45, 7) is 3.15. The lowest BCUT2D eigenvalue weighted by atomic mass is 10.2. The number of amides is 1. The van der Waals surface area contributed by atoms with Gasteiger partial charge in [-0.3, -0.25) is 0 Å². The molecule has 1 aromatic carbocycles. The molecule has 3 nitrogen and oxygen atoms in total. The van der Waals surface area contributed by atoms with Gasteiger partial charge in [0.2, 0.25) is 0 Å². The number of carbonyl (C=O) groups excluding carboxylic acids is 1. The number of nitrogens with zero attached hydrogens (tertiary/aromatic N) is 1. The van der Waals surface area contributed by atoms with Crippen molar-refractivity contribution in [2.45, 2.75) is 6.92 Å². The number of likely N-dealkylation sites (N-methyl/N-ethyl adjacent to an activating group) is 1. The first-order valence-corrected chi connectivity index (χ1v) is 4.69. The van der Waals surface area contributed by atoms with Crippen molar-refractivity contribution < 1.29 is 13.9 Å². The van der Waals surface area contributed by atoms with Gasteiger partial charge in [0, 0.05) is 7.05 Å². The minimum atomic E-state index is -0.208. The Kier molecular flexibility index (Phi) is 4.09. The van der Waals surface area contributed by atoms with E-state index in [1.165, 1.54) is 12.1 Å². The lowest BCUT2D eigenvalue weighted by Gasteiger charge is -1.98. The standard InChI is InChI=1S/C7H7F.C4H7NO2/c1-6-3-2-4-7(8)5-6;1-5-2-3-7-4(5)6/h2-5H,1H3;2-3H2,1H3. The molecule has 0 N–H and O–H groups in total. The highest BCUT2D eigenvalue weighted by atomic mass is 19.1. The Morgan fingerprint density at radius 1 is 1.47 bits per heavy atom.